The summed E-state index contributed by atoms with van der Waals surface area (Å²) in [6.07, 6.45) is 13.0. The number of ether oxygens (including phenoxy) is 2. The summed E-state index contributed by atoms with van der Waals surface area (Å²) in [5.41, 5.74) is 15.2. The van der Waals surface area contributed by atoms with Gasteiger partial charge in [-0.2, -0.15) is 5.26 Å². The Labute approximate surface area is 428 Å². The molecule has 7 heterocycles. The van der Waals surface area contributed by atoms with Crippen molar-refractivity contribution in [3.63, 3.8) is 0 Å². The van der Waals surface area contributed by atoms with E-state index in [2.05, 4.69) is 41.8 Å². The summed E-state index contributed by atoms with van der Waals surface area (Å²) in [4.78, 5) is 50.3. The number of carbonyl (C=O) groups excluding carboxylic acids is 2. The molecular formula is C54H56BBrN10O6. The summed E-state index contributed by atoms with van der Waals surface area (Å²) < 4.78 is 25.3. The molecule has 1 saturated heterocycles. The Morgan fingerprint density at radius 3 is 1.99 bits per heavy atom. The first-order chi connectivity index (χ1) is 34.4. The molecule has 0 bridgehead atoms. The van der Waals surface area contributed by atoms with E-state index in [9.17, 15) is 9.59 Å². The SMILES string of the molecule is CC1(C)OB(c2cncc(C#N)c2)OC1(C)C.CN1C(=O)C2(CC(c3ccccc3)Oc3ccc(Br)cc32)N=C1N.[C-]#[N+]c1cncc(-c2ccc3c(c2)C2(CC(C4CCCCC4)O3)N=C(N)N(C)C2=O)c1. The number of likely N-dealkylation sites (N-methyl/N-ethyl adjacent to an activating group) is 2. The number of rotatable bonds is 4. The number of amides is 2. The second-order valence-corrected chi connectivity index (χ2v) is 20.9. The van der Waals surface area contributed by atoms with Crippen LogP contribution in [-0.4, -0.2) is 82.0 Å². The standard InChI is InChI=1S/C24H25N5O2.C18H16BrN3O2.C12H15BN2O2/c1-26-18-10-17(13-27-14-18)16-8-9-20-19(11-16)24(22(30)29(2)23(25)28-24)12-21(31-20)15-6-4-3-5-7-15;1-22-16(23)18(21-17(22)20)10-15(11-5-3-2-4-6-11)24-14-8-7-12(19)9-13(14)18;1-11(2)12(3,4)17-13(16-11)10-5-9(6-14)7-15-8-10/h8-11,13-15,21H,3-7,12H2,2H3,(H2,25,28);2-9,15H,10H2,1H3,(H2,20,21);5,7-8H,1-4H3. The number of benzene rings is 3. The molecule has 1 saturated carbocycles. The molecule has 18 heteroatoms. The van der Waals surface area contributed by atoms with Crippen molar-refractivity contribution in [2.24, 2.45) is 27.4 Å². The molecule has 1 aliphatic carbocycles. The number of guanidine groups is 2. The van der Waals surface area contributed by atoms with Crippen LogP contribution in [0.5, 0.6) is 11.5 Å². The smallest absolute Gasteiger partial charge is 0.490 e. The second kappa shape index (κ2) is 19.5. The van der Waals surface area contributed by atoms with Crippen molar-refractivity contribution in [3.8, 4) is 28.7 Å². The van der Waals surface area contributed by atoms with E-state index in [0.717, 1.165) is 50.6 Å². The fraction of sp³-hybridized carbons (Fsp3) is 0.370. The summed E-state index contributed by atoms with van der Waals surface area (Å²) in [5, 5.41) is 8.84. The van der Waals surface area contributed by atoms with Crippen molar-refractivity contribution in [3.05, 3.63) is 142 Å². The summed E-state index contributed by atoms with van der Waals surface area (Å²) in [6, 6.07) is 27.0. The molecule has 5 aromatic rings. The van der Waals surface area contributed by atoms with Crippen LogP contribution in [0.3, 0.4) is 0 Å². The molecule has 16 nitrogen and oxygen atoms in total. The third kappa shape index (κ3) is 9.19. The number of fused-ring (bicyclic) bond motifs is 4. The molecule has 2 aromatic heterocycles. The molecule has 2 spiro atoms. The van der Waals surface area contributed by atoms with E-state index in [-0.39, 0.29) is 47.1 Å². The molecule has 72 heavy (non-hydrogen) atoms. The molecule has 0 radical (unpaired) electrons. The first-order valence-corrected chi connectivity index (χ1v) is 24.8. The van der Waals surface area contributed by atoms with Crippen molar-refractivity contribution in [1.82, 2.24) is 19.8 Å². The van der Waals surface area contributed by atoms with Gasteiger partial charge in [-0.25, -0.2) is 14.8 Å². The summed E-state index contributed by atoms with van der Waals surface area (Å²) >= 11 is 3.47. The molecule has 2 amide bonds. The quantitative estimate of drug-likeness (QED) is 0.129. The van der Waals surface area contributed by atoms with Gasteiger partial charge in [-0.1, -0.05) is 71.6 Å². The van der Waals surface area contributed by atoms with E-state index < -0.39 is 18.2 Å². The monoisotopic (exact) mass is 1030 g/mol. The van der Waals surface area contributed by atoms with E-state index in [4.69, 9.17) is 47.1 Å². The second-order valence-electron chi connectivity index (χ2n) is 20.0. The first kappa shape index (κ1) is 49.9. The van der Waals surface area contributed by atoms with Gasteiger partial charge in [0.15, 0.2) is 23.0 Å². The lowest BCUT2D eigenvalue weighted by Crippen LogP contribution is -2.47. The largest absolute Gasteiger partial charge is 0.496 e. The number of aromatic nitrogens is 2. The molecule has 6 aliphatic rings. The maximum Gasteiger partial charge on any atom is 0.496 e. The van der Waals surface area contributed by atoms with Crippen LogP contribution in [-0.2, 0) is 30.0 Å². The lowest BCUT2D eigenvalue weighted by molar-refractivity contribution is -0.133. The van der Waals surface area contributed by atoms with Crippen LogP contribution in [0.4, 0.5) is 5.69 Å². The van der Waals surface area contributed by atoms with Gasteiger partial charge in [0.05, 0.1) is 23.3 Å². The van der Waals surface area contributed by atoms with Crippen LogP contribution in [0.1, 0.15) is 101 Å². The Morgan fingerprint density at radius 2 is 1.36 bits per heavy atom. The predicted octanol–water partition coefficient (Wildman–Crippen LogP) is 8.22. The van der Waals surface area contributed by atoms with E-state index >= 15 is 0 Å². The van der Waals surface area contributed by atoms with Gasteiger partial charge in [0, 0.05) is 72.8 Å². The van der Waals surface area contributed by atoms with Gasteiger partial charge in [-0.3, -0.25) is 29.4 Å². The van der Waals surface area contributed by atoms with E-state index in [0.29, 0.717) is 41.5 Å². The molecule has 368 valence electrons. The Morgan fingerprint density at radius 1 is 0.750 bits per heavy atom. The van der Waals surface area contributed by atoms with Gasteiger partial charge in [0.1, 0.15) is 29.8 Å². The third-order valence-electron chi connectivity index (χ3n) is 14.9. The number of nitrogens with zero attached hydrogens (tertiary/aromatic N) is 8. The van der Waals surface area contributed by atoms with E-state index in [1.807, 2.05) is 94.4 Å². The fourth-order valence-corrected chi connectivity index (χ4v) is 10.5. The summed E-state index contributed by atoms with van der Waals surface area (Å²) in [5.74, 6) is 2.03. The number of hydrogen-bond donors (Lipinski definition) is 2. The molecule has 11 rings (SSSR count). The van der Waals surface area contributed by atoms with Crippen molar-refractivity contribution in [1.29, 1.82) is 5.26 Å². The Bertz CT molecular complexity index is 3060. The molecule has 4 N–H and O–H groups in total. The summed E-state index contributed by atoms with van der Waals surface area (Å²) in [6.45, 7) is 15.2. The van der Waals surface area contributed by atoms with Crippen LogP contribution >= 0.6 is 15.9 Å². The average Bonchev–Trinajstić information content (AvgIpc) is 3.85. The van der Waals surface area contributed by atoms with Gasteiger partial charge in [-0.05, 0) is 106 Å². The number of halogens is 1. The highest BCUT2D eigenvalue weighted by atomic mass is 79.9. The Hall–Kier alpha value is -7.12. The topological polar surface area (TPSA) is 208 Å². The molecule has 2 fully saturated rings. The van der Waals surface area contributed by atoms with Gasteiger partial charge < -0.3 is 30.2 Å². The maximum atomic E-state index is 13.5. The molecule has 4 unspecified atom stereocenters. The molecule has 5 aliphatic heterocycles. The molecule has 3 aromatic carbocycles. The highest BCUT2D eigenvalue weighted by Gasteiger charge is 2.56. The Kier molecular flexibility index (Phi) is 13.5. The normalized spacial score (nSPS) is 24.5. The van der Waals surface area contributed by atoms with Crippen molar-refractivity contribution in [2.45, 2.75) is 107 Å². The number of hydrogen-bond acceptors (Lipinski definition) is 13. The lowest BCUT2D eigenvalue weighted by atomic mass is 9.75. The van der Waals surface area contributed by atoms with Gasteiger partial charge in [0.2, 0.25) is 5.69 Å². The van der Waals surface area contributed by atoms with Crippen LogP contribution < -0.4 is 26.4 Å². The lowest BCUT2D eigenvalue weighted by Gasteiger charge is -2.41. The van der Waals surface area contributed by atoms with Crippen LogP contribution in [0, 0.1) is 23.8 Å². The van der Waals surface area contributed by atoms with Gasteiger partial charge in [0.25, 0.3) is 11.8 Å². The van der Waals surface area contributed by atoms with Crippen LogP contribution in [0.25, 0.3) is 16.0 Å². The van der Waals surface area contributed by atoms with Crippen LogP contribution in [0.15, 0.2) is 118 Å². The van der Waals surface area contributed by atoms with Crippen LogP contribution in [0.2, 0.25) is 0 Å². The van der Waals surface area contributed by atoms with E-state index in [1.54, 1.807) is 38.6 Å². The average molecular weight is 1030 g/mol. The number of nitrogens with two attached hydrogens (primary N) is 2. The number of pyridine rings is 2. The first-order valence-electron chi connectivity index (χ1n) is 24.0. The van der Waals surface area contributed by atoms with Crippen molar-refractivity contribution >= 4 is 57.9 Å². The minimum Gasteiger partial charge on any atom is -0.490 e. The number of carbonyl (C=O) groups is 2. The molecular weight excluding hydrogens is 975 g/mol. The third-order valence-corrected chi connectivity index (χ3v) is 15.4. The predicted molar refractivity (Wildman–Crippen MR) is 277 cm³/mol. The zero-order valence-electron chi connectivity index (χ0n) is 41.1. The number of aliphatic imine (C=N–C) groups is 2. The fourth-order valence-electron chi connectivity index (χ4n) is 10.2. The number of nitriles is 1. The van der Waals surface area contributed by atoms with Gasteiger partial charge in [-0.15, -0.1) is 0 Å². The minimum absolute atomic E-state index is 0.0576. The van der Waals surface area contributed by atoms with Crippen molar-refractivity contribution in [2.75, 3.05) is 14.1 Å². The zero-order valence-corrected chi connectivity index (χ0v) is 42.7. The maximum absolute atomic E-state index is 13.5. The van der Waals surface area contributed by atoms with Crippen molar-refractivity contribution < 1.29 is 28.4 Å². The highest BCUT2D eigenvalue weighted by molar-refractivity contribution is 9.10. The van der Waals surface area contributed by atoms with Gasteiger partial charge >= 0.3 is 7.12 Å². The summed E-state index contributed by atoms with van der Waals surface area (Å²) in [7, 11) is 2.87. The minimum atomic E-state index is -1.06. The molecule has 4 atom stereocenters. The highest BCUT2D eigenvalue weighted by Crippen LogP contribution is 2.52. The Balaban J connectivity index is 0.000000139. The van der Waals surface area contributed by atoms with E-state index in [1.165, 1.54) is 41.5 Å². The zero-order chi connectivity index (χ0) is 51.2.